The van der Waals surface area contributed by atoms with Gasteiger partial charge in [0.05, 0.1) is 25.3 Å². The van der Waals surface area contributed by atoms with Gasteiger partial charge in [-0.15, -0.1) is 0 Å². The van der Waals surface area contributed by atoms with Crippen LogP contribution in [0.25, 0.3) is 0 Å². The number of amides is 3. The number of hydrogen-bond acceptors (Lipinski definition) is 4. The average Bonchev–Trinajstić information content (AvgIpc) is 3.17. The molecule has 1 saturated heterocycles. The van der Waals surface area contributed by atoms with Crippen LogP contribution in [0, 0.1) is 0 Å². The molecule has 0 radical (unpaired) electrons. The van der Waals surface area contributed by atoms with Crippen LogP contribution in [0.5, 0.6) is 0 Å². The maximum Gasteiger partial charge on any atom is 0.271 e. The first kappa shape index (κ1) is 20.6. The highest BCUT2D eigenvalue weighted by molar-refractivity contribution is 5.94. The first-order valence-electron chi connectivity index (χ1n) is 9.92. The lowest BCUT2D eigenvalue weighted by Gasteiger charge is -2.33. The molecule has 0 spiro atoms. The summed E-state index contributed by atoms with van der Waals surface area (Å²) in [6.45, 7) is 1.07. The monoisotopic (exact) mass is 397 g/mol. The first-order chi connectivity index (χ1) is 14.0. The topological polar surface area (TPSA) is 96.3 Å². The summed E-state index contributed by atoms with van der Waals surface area (Å²) < 4.78 is 1.67. The molecule has 0 saturated carbocycles. The number of nitrogens with one attached hydrogen (secondary N) is 2. The number of aromatic nitrogens is 2. The van der Waals surface area contributed by atoms with Gasteiger partial charge in [-0.05, 0) is 24.8 Å². The van der Waals surface area contributed by atoms with Crippen molar-refractivity contribution in [2.24, 2.45) is 7.05 Å². The first-order valence-corrected chi connectivity index (χ1v) is 9.92. The van der Waals surface area contributed by atoms with Gasteiger partial charge >= 0.3 is 0 Å². The minimum absolute atomic E-state index is 0.0731. The maximum atomic E-state index is 13.0. The molecule has 1 aromatic heterocycles. The van der Waals surface area contributed by atoms with E-state index in [4.69, 9.17) is 0 Å². The van der Waals surface area contributed by atoms with Crippen molar-refractivity contribution < 1.29 is 14.4 Å². The molecule has 2 aromatic rings. The Morgan fingerprint density at radius 2 is 2.00 bits per heavy atom. The predicted molar refractivity (Wildman–Crippen MR) is 108 cm³/mol. The summed E-state index contributed by atoms with van der Waals surface area (Å²) in [4.78, 5) is 43.4. The lowest BCUT2D eigenvalue weighted by atomic mass is 10.00. The van der Waals surface area contributed by atoms with Crippen LogP contribution < -0.4 is 10.6 Å². The van der Waals surface area contributed by atoms with E-state index in [-0.39, 0.29) is 36.5 Å². The van der Waals surface area contributed by atoms with Gasteiger partial charge in [0, 0.05) is 26.3 Å². The maximum absolute atomic E-state index is 13.0. The van der Waals surface area contributed by atoms with Crippen LogP contribution in [-0.2, 0) is 16.6 Å². The van der Waals surface area contributed by atoms with Crippen LogP contribution in [0.15, 0.2) is 42.9 Å². The summed E-state index contributed by atoms with van der Waals surface area (Å²) in [5, 5.41) is 5.58. The highest BCUT2D eigenvalue weighted by Gasteiger charge is 2.28. The molecule has 1 aliphatic rings. The van der Waals surface area contributed by atoms with E-state index >= 15 is 0 Å². The van der Waals surface area contributed by atoms with Gasteiger partial charge < -0.3 is 20.1 Å². The van der Waals surface area contributed by atoms with Crippen molar-refractivity contribution in [2.75, 3.05) is 19.6 Å². The largest absolute Gasteiger partial charge is 0.356 e. The zero-order valence-corrected chi connectivity index (χ0v) is 16.6. The highest BCUT2D eigenvalue weighted by atomic mass is 16.2. The van der Waals surface area contributed by atoms with E-state index in [2.05, 4.69) is 15.6 Å². The van der Waals surface area contributed by atoms with Crippen LogP contribution in [0.4, 0.5) is 0 Å². The summed E-state index contributed by atoms with van der Waals surface area (Å²) in [7, 11) is 1.77. The van der Waals surface area contributed by atoms with Crippen molar-refractivity contribution in [1.29, 1.82) is 0 Å². The molecule has 8 nitrogen and oxygen atoms in total. The Hall–Kier alpha value is -3.16. The fraction of sp³-hybridized carbons (Fsp3) is 0.429. The molecule has 154 valence electrons. The Morgan fingerprint density at radius 3 is 2.72 bits per heavy atom. The average molecular weight is 397 g/mol. The van der Waals surface area contributed by atoms with Crippen molar-refractivity contribution in [3.63, 3.8) is 0 Å². The molecule has 8 heteroatoms. The van der Waals surface area contributed by atoms with Crippen LogP contribution >= 0.6 is 0 Å². The van der Waals surface area contributed by atoms with Gasteiger partial charge in [0.1, 0.15) is 5.69 Å². The summed E-state index contributed by atoms with van der Waals surface area (Å²) >= 11 is 0. The van der Waals surface area contributed by atoms with E-state index in [0.29, 0.717) is 13.1 Å². The normalized spacial score (nSPS) is 18.0. The zero-order valence-electron chi connectivity index (χ0n) is 16.6. The SMILES string of the molecule is Cn1cnc(C(=O)NCC(=O)N2CCCCCNC(=O)CC2c2ccccc2)c1. The predicted octanol–water partition coefficient (Wildman–Crippen LogP) is 1.41. The Balaban J connectivity index is 1.75. The molecule has 1 aliphatic heterocycles. The van der Waals surface area contributed by atoms with Gasteiger partial charge in [0.15, 0.2) is 0 Å². The minimum Gasteiger partial charge on any atom is -0.356 e. The highest BCUT2D eigenvalue weighted by Crippen LogP contribution is 2.25. The van der Waals surface area contributed by atoms with Crippen LogP contribution in [0.1, 0.15) is 47.8 Å². The molecule has 2 N–H and O–H groups in total. The molecule has 1 unspecified atom stereocenters. The van der Waals surface area contributed by atoms with Crippen LogP contribution in [0.2, 0.25) is 0 Å². The Morgan fingerprint density at radius 1 is 1.21 bits per heavy atom. The van der Waals surface area contributed by atoms with Gasteiger partial charge in [0.25, 0.3) is 5.91 Å². The Kier molecular flexibility index (Phi) is 6.99. The number of rotatable bonds is 4. The second-order valence-electron chi connectivity index (χ2n) is 7.24. The zero-order chi connectivity index (χ0) is 20.6. The number of nitrogens with zero attached hydrogens (tertiary/aromatic N) is 3. The summed E-state index contributed by atoms with van der Waals surface area (Å²) in [6.07, 6.45) is 5.99. The van der Waals surface area contributed by atoms with Crippen molar-refractivity contribution in [2.45, 2.75) is 31.7 Å². The van der Waals surface area contributed by atoms with Gasteiger partial charge in [-0.2, -0.15) is 0 Å². The van der Waals surface area contributed by atoms with Crippen molar-refractivity contribution >= 4 is 17.7 Å². The molecule has 3 rings (SSSR count). The minimum atomic E-state index is -0.394. The van der Waals surface area contributed by atoms with Crippen molar-refractivity contribution in [1.82, 2.24) is 25.1 Å². The quantitative estimate of drug-likeness (QED) is 0.815. The molecule has 0 bridgehead atoms. The molecular weight excluding hydrogens is 370 g/mol. The lowest BCUT2D eigenvalue weighted by molar-refractivity contribution is -0.134. The second-order valence-corrected chi connectivity index (χ2v) is 7.24. The third-order valence-electron chi connectivity index (χ3n) is 5.00. The van der Waals surface area contributed by atoms with E-state index in [1.807, 2.05) is 30.3 Å². The third-order valence-corrected chi connectivity index (χ3v) is 5.00. The van der Waals surface area contributed by atoms with E-state index in [1.165, 1.54) is 6.33 Å². The number of hydrogen-bond donors (Lipinski definition) is 2. The van der Waals surface area contributed by atoms with Crippen LogP contribution in [0.3, 0.4) is 0 Å². The third kappa shape index (κ3) is 5.66. The standard InChI is InChI=1S/C21H27N5O3/c1-25-14-17(24-15-25)21(29)23-13-20(28)26-11-7-3-6-10-22-19(27)12-18(26)16-8-4-2-5-9-16/h2,4-5,8-9,14-15,18H,3,6-7,10-13H2,1H3,(H,22,27)(H,23,29). The smallest absolute Gasteiger partial charge is 0.271 e. The van der Waals surface area contributed by atoms with Crippen molar-refractivity contribution in [3.8, 4) is 0 Å². The molecule has 29 heavy (non-hydrogen) atoms. The number of imidazole rings is 1. The fourth-order valence-electron chi connectivity index (χ4n) is 3.48. The molecule has 0 aliphatic carbocycles. The van der Waals surface area contributed by atoms with E-state index in [0.717, 1.165) is 24.8 Å². The number of benzene rings is 1. The molecular formula is C21H27N5O3. The van der Waals surface area contributed by atoms with Gasteiger partial charge in [-0.1, -0.05) is 30.3 Å². The van der Waals surface area contributed by atoms with Crippen LogP contribution in [-0.4, -0.2) is 51.8 Å². The van der Waals surface area contributed by atoms with E-state index < -0.39 is 5.91 Å². The number of carbonyl (C=O) groups is 3. The van der Waals surface area contributed by atoms with Gasteiger partial charge in [0.2, 0.25) is 11.8 Å². The summed E-state index contributed by atoms with van der Waals surface area (Å²) in [6, 6.07) is 9.19. The Bertz CT molecular complexity index is 849. The lowest BCUT2D eigenvalue weighted by Crippen LogP contribution is -2.44. The van der Waals surface area contributed by atoms with Gasteiger partial charge in [-0.25, -0.2) is 4.98 Å². The molecule has 3 amide bonds. The summed E-state index contributed by atoms with van der Waals surface area (Å²) in [5.74, 6) is -0.679. The molecule has 1 atom stereocenters. The molecule has 2 heterocycles. The number of carbonyl (C=O) groups excluding carboxylic acids is 3. The molecule has 1 fully saturated rings. The van der Waals surface area contributed by atoms with E-state index in [9.17, 15) is 14.4 Å². The summed E-state index contributed by atoms with van der Waals surface area (Å²) in [5.41, 5.74) is 1.17. The second kappa shape index (κ2) is 9.86. The van der Waals surface area contributed by atoms with Crippen molar-refractivity contribution in [3.05, 3.63) is 54.1 Å². The van der Waals surface area contributed by atoms with Gasteiger partial charge in [-0.3, -0.25) is 14.4 Å². The Labute approximate surface area is 170 Å². The fourth-order valence-corrected chi connectivity index (χ4v) is 3.48. The molecule has 1 aromatic carbocycles. The van der Waals surface area contributed by atoms with E-state index in [1.54, 1.807) is 22.7 Å². The number of aryl methyl sites for hydroxylation is 1.